The third kappa shape index (κ3) is 8.37. The summed E-state index contributed by atoms with van der Waals surface area (Å²) >= 11 is -1.16. The largest absolute Gasteiger partial charge is 0.744 e. The van der Waals surface area contributed by atoms with Crippen LogP contribution in [0.25, 0.3) is 0 Å². The Bertz CT molecular complexity index is 1160. The maximum Gasteiger partial charge on any atom is 0.452 e. The molecule has 0 spiro atoms. The van der Waals surface area contributed by atoms with Crippen LogP contribution in [0, 0.1) is 13.8 Å². The highest BCUT2D eigenvalue weighted by Crippen LogP contribution is 2.29. The van der Waals surface area contributed by atoms with E-state index in [0.717, 1.165) is 11.1 Å². The van der Waals surface area contributed by atoms with Crippen LogP contribution in [0.1, 0.15) is 37.4 Å². The molecule has 0 radical (unpaired) electrons. The molecule has 3 rings (SSSR count). The van der Waals surface area contributed by atoms with E-state index in [9.17, 15) is 35.7 Å². The zero-order chi connectivity index (χ0) is 24.8. The topological polar surface area (TPSA) is 91.3 Å². The van der Waals surface area contributed by atoms with Gasteiger partial charge < -0.3 is 4.55 Å². The molecule has 174 valence electrons. The highest BCUT2D eigenvalue weighted by Gasteiger charge is 2.32. The van der Waals surface area contributed by atoms with E-state index in [0.29, 0.717) is 35.4 Å². The van der Waals surface area contributed by atoms with E-state index in [-0.39, 0.29) is 7.58 Å². The predicted molar refractivity (Wildman–Crippen MR) is 110 cm³/mol. The Balaban J connectivity index is 0.000000245. The second-order valence-corrected chi connectivity index (χ2v) is 10.7. The molecule has 0 saturated heterocycles. The van der Waals surface area contributed by atoms with Crippen LogP contribution >= 0.6 is 0 Å². The molecule has 0 N–H and O–H groups in total. The van der Waals surface area contributed by atoms with E-state index in [1.807, 2.05) is 38.1 Å². The molecule has 0 heterocycles. The summed E-state index contributed by atoms with van der Waals surface area (Å²) in [7, 11) is -4.68. The van der Waals surface area contributed by atoms with Crippen molar-refractivity contribution in [3.8, 4) is 0 Å². The number of hydrogen-bond acceptors (Lipinski definition) is 5. The van der Waals surface area contributed by atoms with Crippen LogP contribution in [0.5, 0.6) is 0 Å². The SMILES string of the molecule is Cc1ccc(C(=O)[I+]C(=O)c2ccc(C)cc2)cc1.O=S(=O)([O-])c1ccc(C(F)(F)F)cc1. The van der Waals surface area contributed by atoms with Crippen LogP contribution in [0.15, 0.2) is 77.7 Å². The van der Waals surface area contributed by atoms with Gasteiger partial charge in [0.25, 0.3) is 0 Å². The minimum absolute atomic E-state index is 0.0237. The standard InChI is InChI=1S/C16H14IO2.C7H5F3O3S/c1-11-3-7-13(8-4-11)15(18)17-16(19)14-9-5-12(2)6-10-14;8-7(9,10)5-1-3-6(4-2-5)14(11,12)13/h3-10H,1-2H3;1-4H,(H,11,12,13)/q+1;/p-1. The van der Waals surface area contributed by atoms with Crippen molar-refractivity contribution in [3.63, 3.8) is 0 Å². The van der Waals surface area contributed by atoms with Gasteiger partial charge in [-0.05, 0) is 62.4 Å². The van der Waals surface area contributed by atoms with Crippen LogP contribution in [0.2, 0.25) is 0 Å². The van der Waals surface area contributed by atoms with Crippen molar-refractivity contribution in [1.29, 1.82) is 0 Å². The summed E-state index contributed by atoms with van der Waals surface area (Å²) in [6, 6.07) is 17.1. The van der Waals surface area contributed by atoms with E-state index in [1.165, 1.54) is 0 Å². The van der Waals surface area contributed by atoms with Crippen LogP contribution < -0.4 is 21.2 Å². The monoisotopic (exact) mass is 590 g/mol. The van der Waals surface area contributed by atoms with E-state index < -0.39 is 48.0 Å². The van der Waals surface area contributed by atoms with E-state index in [4.69, 9.17) is 0 Å². The fourth-order valence-corrected chi connectivity index (χ4v) is 4.62. The number of aryl methyl sites for hydroxylation is 2. The number of hydrogen-bond donors (Lipinski definition) is 0. The van der Waals surface area contributed by atoms with Gasteiger partial charge in [-0.15, -0.1) is 0 Å². The zero-order valence-corrected chi connectivity index (χ0v) is 20.4. The average molecular weight is 590 g/mol. The number of carbonyl (C=O) groups excluding carboxylic acids is 2. The van der Waals surface area contributed by atoms with E-state index in [1.54, 1.807) is 24.3 Å². The maximum atomic E-state index is 12.0. The highest BCUT2D eigenvalue weighted by molar-refractivity contribution is 7.85. The van der Waals surface area contributed by atoms with Gasteiger partial charge in [-0.2, -0.15) is 13.2 Å². The van der Waals surface area contributed by atoms with Gasteiger partial charge in [0.05, 0.1) is 21.6 Å². The van der Waals surface area contributed by atoms with Gasteiger partial charge >= 0.3 is 35.0 Å². The summed E-state index contributed by atoms with van der Waals surface area (Å²) in [6.07, 6.45) is -4.54. The number of halogens is 4. The lowest BCUT2D eigenvalue weighted by Gasteiger charge is -2.09. The third-order valence-corrected chi connectivity index (χ3v) is 7.27. The van der Waals surface area contributed by atoms with Gasteiger partial charge in [0.1, 0.15) is 10.1 Å². The molecule has 0 aliphatic heterocycles. The van der Waals surface area contributed by atoms with Gasteiger partial charge in [0, 0.05) is 0 Å². The highest BCUT2D eigenvalue weighted by atomic mass is 127. The molecule has 3 aromatic rings. The number of benzene rings is 3. The van der Waals surface area contributed by atoms with Crippen LogP contribution in [-0.2, 0) is 16.3 Å². The van der Waals surface area contributed by atoms with Gasteiger partial charge in [-0.3, -0.25) is 0 Å². The number of rotatable bonds is 5. The molecule has 5 nitrogen and oxygen atoms in total. The summed E-state index contributed by atoms with van der Waals surface area (Å²) in [5.74, 6) is 0. The summed E-state index contributed by atoms with van der Waals surface area (Å²) in [4.78, 5) is 23.4. The Kier molecular flexibility index (Phi) is 8.92. The molecular formula is C23H18F3IO5S. The maximum absolute atomic E-state index is 12.0. The molecule has 0 aliphatic carbocycles. The number of carbonyl (C=O) groups is 2. The molecule has 0 aromatic heterocycles. The minimum atomic E-state index is -4.68. The van der Waals surface area contributed by atoms with Crippen molar-refractivity contribution in [2.45, 2.75) is 24.9 Å². The zero-order valence-electron chi connectivity index (χ0n) is 17.4. The lowest BCUT2D eigenvalue weighted by molar-refractivity contribution is -0.450. The van der Waals surface area contributed by atoms with Crippen molar-refractivity contribution >= 4 is 17.7 Å². The first kappa shape index (κ1) is 26.7. The molecule has 0 saturated carbocycles. The lowest BCUT2D eigenvalue weighted by atomic mass is 10.2. The van der Waals surface area contributed by atoms with Crippen LogP contribution in [0.4, 0.5) is 13.2 Å². The Morgan fingerprint density at radius 2 is 1.09 bits per heavy atom. The van der Waals surface area contributed by atoms with E-state index >= 15 is 0 Å². The van der Waals surface area contributed by atoms with Crippen molar-refractivity contribution in [2.75, 3.05) is 0 Å². The summed E-state index contributed by atoms with van der Waals surface area (Å²) < 4.78 is 67.0. The fraction of sp³-hybridized carbons (Fsp3) is 0.130. The Morgan fingerprint density at radius 3 is 1.39 bits per heavy atom. The van der Waals surface area contributed by atoms with Crippen LogP contribution in [0.3, 0.4) is 0 Å². The molecule has 0 aliphatic rings. The molecule has 33 heavy (non-hydrogen) atoms. The third-order valence-electron chi connectivity index (χ3n) is 4.20. The molecule has 0 bridgehead atoms. The average Bonchev–Trinajstić information content (AvgIpc) is 2.74. The number of alkyl halides is 3. The molecule has 10 heteroatoms. The summed E-state index contributed by atoms with van der Waals surface area (Å²) in [5.41, 5.74) is 2.50. The molecule has 0 unspecified atom stereocenters. The smallest absolute Gasteiger partial charge is 0.452 e. The predicted octanol–water partition coefficient (Wildman–Crippen LogP) is 1.98. The van der Waals surface area contributed by atoms with Crippen molar-refractivity contribution in [2.24, 2.45) is 0 Å². The summed E-state index contributed by atoms with van der Waals surface area (Å²) in [5, 5.41) is 0. The van der Waals surface area contributed by atoms with Crippen molar-refractivity contribution in [1.82, 2.24) is 0 Å². The first-order chi connectivity index (χ1) is 15.3. The first-order valence-electron chi connectivity index (χ1n) is 9.27. The quantitative estimate of drug-likeness (QED) is 0.258. The Hall–Kier alpha value is -2.57. The van der Waals surface area contributed by atoms with Crippen LogP contribution in [-0.4, -0.2) is 20.6 Å². The molecule has 3 aromatic carbocycles. The van der Waals surface area contributed by atoms with E-state index in [2.05, 4.69) is 0 Å². The summed E-state index contributed by atoms with van der Waals surface area (Å²) in [6.45, 7) is 3.95. The Labute approximate surface area is 199 Å². The second-order valence-electron chi connectivity index (χ2n) is 6.85. The Morgan fingerprint density at radius 1 is 0.727 bits per heavy atom. The normalized spacial score (nSPS) is 11.3. The lowest BCUT2D eigenvalue weighted by Crippen LogP contribution is -3.67. The fourth-order valence-electron chi connectivity index (χ4n) is 2.37. The van der Waals surface area contributed by atoms with Crippen molar-refractivity contribution < 1.29 is 56.9 Å². The van der Waals surface area contributed by atoms with Gasteiger partial charge in [-0.25, -0.2) is 18.0 Å². The molecule has 0 amide bonds. The first-order valence-corrected chi connectivity index (χ1v) is 12.8. The van der Waals surface area contributed by atoms with Gasteiger partial charge in [0.15, 0.2) is 0 Å². The molecule has 0 atom stereocenters. The van der Waals surface area contributed by atoms with Crippen molar-refractivity contribution in [3.05, 3.63) is 101 Å². The molecule has 0 fully saturated rings. The minimum Gasteiger partial charge on any atom is -0.744 e. The van der Waals surface area contributed by atoms with Gasteiger partial charge in [-0.1, -0.05) is 35.4 Å². The van der Waals surface area contributed by atoms with Gasteiger partial charge in [0.2, 0.25) is 0 Å². The molecular weight excluding hydrogens is 572 g/mol. The second kappa shape index (κ2) is 11.0.